The van der Waals surface area contributed by atoms with Crippen LogP contribution < -0.4 is 14.5 Å². The standard InChI is InChI=1S/C36H35N9O4/c1-20-5-6-37-33(39-20)25-8-24(25)27-9-29(44-16-36(17-44)18-48-19-36)26-11-38-31(10-28(26)41-27)49-15-23-13-43-12-22(21-3-4-21)7-30(34(43)40-23)45-14-32(46)42(2)35(45)47/h5-7,9-13,21,24-25H,3-4,8,14-19H2,1-2H3/t24-,25-/m0/s1. The summed E-state index contributed by atoms with van der Waals surface area (Å²) in [6, 6.07) is 7.75. The van der Waals surface area contributed by atoms with E-state index in [4.69, 9.17) is 29.4 Å². The number of hydrogen-bond acceptors (Lipinski definition) is 10. The zero-order valence-electron chi connectivity index (χ0n) is 27.4. The molecule has 13 nitrogen and oxygen atoms in total. The van der Waals surface area contributed by atoms with Crippen LogP contribution in [-0.2, 0) is 16.1 Å². The van der Waals surface area contributed by atoms with E-state index in [-0.39, 0.29) is 42.3 Å². The van der Waals surface area contributed by atoms with Crippen molar-refractivity contribution in [3.63, 3.8) is 0 Å². The van der Waals surface area contributed by atoms with Gasteiger partial charge >= 0.3 is 6.03 Å². The van der Waals surface area contributed by atoms with Gasteiger partial charge in [-0.3, -0.25) is 19.6 Å². The quantitative estimate of drug-likeness (QED) is 0.222. The van der Waals surface area contributed by atoms with Crippen molar-refractivity contribution in [2.75, 3.05) is 49.7 Å². The second-order valence-corrected chi connectivity index (χ2v) is 14.5. The van der Waals surface area contributed by atoms with Crippen molar-refractivity contribution in [2.45, 2.75) is 50.5 Å². The molecule has 3 amide bonds. The molecule has 5 fully saturated rings. The molecule has 2 aliphatic carbocycles. The number of imidazole rings is 1. The molecule has 248 valence electrons. The molecule has 5 aliphatic rings. The molecule has 1 spiro atoms. The number of nitrogens with zero attached hydrogens (tertiary/aromatic N) is 9. The summed E-state index contributed by atoms with van der Waals surface area (Å²) in [4.78, 5) is 54.3. The molecule has 2 atom stereocenters. The lowest BCUT2D eigenvalue weighted by Gasteiger charge is -2.56. The van der Waals surface area contributed by atoms with Gasteiger partial charge in [0.25, 0.3) is 0 Å². The monoisotopic (exact) mass is 657 g/mol. The number of amides is 3. The first-order valence-electron chi connectivity index (χ1n) is 17.0. The molecule has 0 unspecified atom stereocenters. The number of fused-ring (bicyclic) bond motifs is 2. The van der Waals surface area contributed by atoms with Crippen LogP contribution in [0.5, 0.6) is 5.88 Å². The summed E-state index contributed by atoms with van der Waals surface area (Å²) in [6.45, 7) is 5.75. The Morgan fingerprint density at radius 3 is 2.59 bits per heavy atom. The molecule has 5 aromatic heterocycles. The average Bonchev–Trinajstić information content (AvgIpc) is 3.99. The van der Waals surface area contributed by atoms with E-state index in [0.29, 0.717) is 28.8 Å². The highest BCUT2D eigenvalue weighted by molar-refractivity contribution is 6.13. The summed E-state index contributed by atoms with van der Waals surface area (Å²) in [5, 5.41) is 0.995. The van der Waals surface area contributed by atoms with E-state index in [1.54, 1.807) is 0 Å². The van der Waals surface area contributed by atoms with Crippen LogP contribution in [0.2, 0.25) is 0 Å². The van der Waals surface area contributed by atoms with E-state index in [1.807, 2.05) is 48.1 Å². The molecule has 3 aliphatic heterocycles. The number of imide groups is 1. The fraction of sp³-hybridized carbons (Fsp3) is 0.417. The van der Waals surface area contributed by atoms with Gasteiger partial charge in [0.05, 0.1) is 35.5 Å². The van der Waals surface area contributed by atoms with Crippen molar-refractivity contribution in [2.24, 2.45) is 5.41 Å². The summed E-state index contributed by atoms with van der Waals surface area (Å²) in [5.74, 6) is 2.09. The van der Waals surface area contributed by atoms with Crippen molar-refractivity contribution in [3.05, 3.63) is 77.5 Å². The van der Waals surface area contributed by atoms with Gasteiger partial charge in [0.2, 0.25) is 11.8 Å². The van der Waals surface area contributed by atoms with E-state index < -0.39 is 0 Å². The predicted octanol–water partition coefficient (Wildman–Crippen LogP) is 4.34. The van der Waals surface area contributed by atoms with Crippen LogP contribution in [0.15, 0.2) is 49.1 Å². The number of likely N-dealkylation sites (N-methyl/N-ethyl adjacent to an activating group) is 1. The van der Waals surface area contributed by atoms with Gasteiger partial charge in [0.15, 0.2) is 5.65 Å². The van der Waals surface area contributed by atoms with Crippen LogP contribution >= 0.6 is 0 Å². The summed E-state index contributed by atoms with van der Waals surface area (Å²) in [6.07, 6.45) is 10.9. The van der Waals surface area contributed by atoms with Gasteiger partial charge in [-0.15, -0.1) is 0 Å². The maximum atomic E-state index is 12.9. The molecule has 0 N–H and O–H groups in total. The van der Waals surface area contributed by atoms with Gasteiger partial charge in [0, 0.05) is 85.3 Å². The Bertz CT molecular complexity index is 2200. The third kappa shape index (κ3) is 4.81. The molecule has 13 heteroatoms. The lowest BCUT2D eigenvalue weighted by atomic mass is 9.77. The number of rotatable bonds is 8. The molecule has 5 aromatic rings. The van der Waals surface area contributed by atoms with Gasteiger partial charge in [-0.2, -0.15) is 0 Å². The summed E-state index contributed by atoms with van der Waals surface area (Å²) in [5.41, 5.74) is 7.36. The number of ether oxygens (including phenoxy) is 2. The molecule has 0 bridgehead atoms. The molecule has 49 heavy (non-hydrogen) atoms. The average molecular weight is 658 g/mol. The number of hydrogen-bond donors (Lipinski definition) is 0. The minimum absolute atomic E-state index is 0.00159. The number of aryl methyl sites for hydroxylation is 1. The number of carbonyl (C=O) groups is 2. The minimum Gasteiger partial charge on any atom is -0.471 e. The highest BCUT2D eigenvalue weighted by Gasteiger charge is 2.50. The molecule has 10 rings (SSSR count). The minimum atomic E-state index is -0.342. The highest BCUT2D eigenvalue weighted by atomic mass is 16.5. The third-order valence-corrected chi connectivity index (χ3v) is 10.7. The number of pyridine rings is 3. The van der Waals surface area contributed by atoms with Crippen LogP contribution in [0.1, 0.15) is 65.5 Å². The maximum absolute atomic E-state index is 12.9. The summed E-state index contributed by atoms with van der Waals surface area (Å²) < 4.78 is 13.7. The lowest BCUT2D eigenvalue weighted by molar-refractivity contribution is -0.126. The molecule has 2 saturated carbocycles. The molecule has 3 saturated heterocycles. The van der Waals surface area contributed by atoms with Crippen molar-refractivity contribution in [1.29, 1.82) is 0 Å². The number of carbonyl (C=O) groups excluding carboxylic acids is 2. The Labute approximate surface area is 281 Å². The van der Waals surface area contributed by atoms with Crippen molar-refractivity contribution in [3.8, 4) is 5.88 Å². The van der Waals surface area contributed by atoms with E-state index >= 15 is 0 Å². The molecule has 0 aromatic carbocycles. The summed E-state index contributed by atoms with van der Waals surface area (Å²) in [7, 11) is 1.51. The first kappa shape index (κ1) is 28.8. The van der Waals surface area contributed by atoms with Gasteiger partial charge in [-0.05, 0) is 55.9 Å². The molecule has 0 radical (unpaired) electrons. The Hall–Kier alpha value is -5.17. The first-order chi connectivity index (χ1) is 23.8. The van der Waals surface area contributed by atoms with Crippen molar-refractivity contribution in [1.82, 2.24) is 34.2 Å². The fourth-order valence-electron chi connectivity index (χ4n) is 7.59. The SMILES string of the molecule is Cc1ccnc([C@H]2C[C@@H]2c2cc(N3CC4(COC4)C3)c3cnc(OCc4cn5cc(C6CC6)cc(N6CC(=O)N(C)C6=O)c5n4)cc3n2)n1. The Balaban J connectivity index is 0.950. The van der Waals surface area contributed by atoms with E-state index in [0.717, 1.165) is 89.8 Å². The van der Waals surface area contributed by atoms with Gasteiger partial charge in [-0.1, -0.05) is 0 Å². The Kier molecular flexibility index (Phi) is 6.12. The van der Waals surface area contributed by atoms with E-state index in [9.17, 15) is 9.59 Å². The summed E-state index contributed by atoms with van der Waals surface area (Å²) >= 11 is 0. The second-order valence-electron chi connectivity index (χ2n) is 14.5. The number of anilines is 2. The lowest BCUT2D eigenvalue weighted by Crippen LogP contribution is -2.66. The zero-order chi connectivity index (χ0) is 33.0. The fourth-order valence-corrected chi connectivity index (χ4v) is 7.59. The van der Waals surface area contributed by atoms with Gasteiger partial charge in [-0.25, -0.2) is 24.7 Å². The van der Waals surface area contributed by atoms with Gasteiger partial charge < -0.3 is 18.8 Å². The maximum Gasteiger partial charge on any atom is 0.331 e. The van der Waals surface area contributed by atoms with Gasteiger partial charge in [0.1, 0.15) is 19.0 Å². The smallest absolute Gasteiger partial charge is 0.331 e. The van der Waals surface area contributed by atoms with Crippen molar-refractivity contribution >= 4 is 39.9 Å². The third-order valence-electron chi connectivity index (χ3n) is 10.7. The largest absolute Gasteiger partial charge is 0.471 e. The molecular weight excluding hydrogens is 622 g/mol. The first-order valence-corrected chi connectivity index (χ1v) is 17.0. The normalized spacial score (nSPS) is 22.7. The number of urea groups is 1. The van der Waals surface area contributed by atoms with E-state index in [2.05, 4.69) is 22.1 Å². The molecule has 8 heterocycles. The predicted molar refractivity (Wildman–Crippen MR) is 179 cm³/mol. The number of aromatic nitrogens is 6. The van der Waals surface area contributed by atoms with E-state index in [1.165, 1.54) is 11.9 Å². The van der Waals surface area contributed by atoms with Crippen molar-refractivity contribution < 1.29 is 19.1 Å². The zero-order valence-corrected chi connectivity index (χ0v) is 27.4. The van der Waals surface area contributed by atoms with Crippen LogP contribution in [0.4, 0.5) is 16.2 Å². The highest BCUT2D eigenvalue weighted by Crippen LogP contribution is 2.54. The van der Waals surface area contributed by atoms with Crippen LogP contribution in [0.3, 0.4) is 0 Å². The van der Waals surface area contributed by atoms with Crippen LogP contribution in [-0.4, -0.2) is 86.1 Å². The topological polar surface area (TPSA) is 131 Å². The Morgan fingerprint density at radius 2 is 1.86 bits per heavy atom. The van der Waals surface area contributed by atoms with Crippen LogP contribution in [0.25, 0.3) is 16.6 Å². The second kappa shape index (κ2) is 10.4. The Morgan fingerprint density at radius 1 is 1.00 bits per heavy atom. The molecular formula is C36H35N9O4. The van der Waals surface area contributed by atoms with Crippen LogP contribution in [0, 0.1) is 12.3 Å².